The molecular weight excluding hydrogens is 460 g/mol. The molecule has 1 saturated heterocycles. The van der Waals surface area contributed by atoms with Crippen molar-refractivity contribution in [2.24, 2.45) is 0 Å². The molecule has 4 heterocycles. The number of likely N-dealkylation sites (N-methyl/N-ethyl adjacent to an activating group) is 1. The van der Waals surface area contributed by atoms with E-state index in [-0.39, 0.29) is 17.8 Å². The van der Waals surface area contributed by atoms with Gasteiger partial charge in [0.15, 0.2) is 5.13 Å². The van der Waals surface area contributed by atoms with Crippen LogP contribution in [0, 0.1) is 0 Å². The zero-order chi connectivity index (χ0) is 23.6. The van der Waals surface area contributed by atoms with Gasteiger partial charge in [0.25, 0.3) is 0 Å². The Bertz CT molecular complexity index is 980. The highest BCUT2D eigenvalue weighted by atomic mass is 32.1. The highest BCUT2D eigenvalue weighted by Gasteiger charge is 2.17. The van der Waals surface area contributed by atoms with Crippen LogP contribution < -0.4 is 10.6 Å². The molecule has 1 aliphatic rings. The largest absolute Gasteiger partial charge is 0.432 e. The lowest BCUT2D eigenvalue weighted by molar-refractivity contribution is -0.118. The van der Waals surface area contributed by atoms with Crippen LogP contribution in [-0.2, 0) is 16.0 Å². The molecule has 11 heteroatoms. The molecule has 33 heavy (non-hydrogen) atoms. The molecule has 9 nitrogen and oxygen atoms in total. The lowest BCUT2D eigenvalue weighted by Crippen LogP contribution is -2.47. The number of piperazine rings is 1. The lowest BCUT2D eigenvalue weighted by Gasteiger charge is -2.31. The minimum atomic E-state index is -0.0768. The summed E-state index contributed by atoms with van der Waals surface area (Å²) in [6.07, 6.45) is 5.19. The summed E-state index contributed by atoms with van der Waals surface area (Å²) in [4.78, 5) is 36.9. The molecule has 2 N–H and O–H groups in total. The van der Waals surface area contributed by atoms with E-state index >= 15 is 0 Å². The topological polar surface area (TPSA) is 104 Å². The Morgan fingerprint density at radius 3 is 2.55 bits per heavy atom. The summed E-state index contributed by atoms with van der Waals surface area (Å²) in [5.41, 5.74) is 1.05. The van der Waals surface area contributed by atoms with Crippen molar-refractivity contribution in [3.63, 3.8) is 0 Å². The van der Waals surface area contributed by atoms with Gasteiger partial charge in [-0.05, 0) is 35.4 Å². The van der Waals surface area contributed by atoms with Crippen LogP contribution in [-0.4, -0.2) is 71.4 Å². The Labute approximate surface area is 201 Å². The molecule has 3 aromatic rings. The molecule has 178 valence electrons. The van der Waals surface area contributed by atoms with Gasteiger partial charge in [0, 0.05) is 37.3 Å². The second-order valence-corrected chi connectivity index (χ2v) is 9.89. The van der Waals surface area contributed by atoms with Gasteiger partial charge in [-0.15, -0.1) is 11.3 Å². The molecule has 0 radical (unpaired) electrons. The Hall–Kier alpha value is -2.60. The first kappa shape index (κ1) is 25.0. The molecule has 0 aliphatic carbocycles. The molecule has 2 amide bonds. The summed E-state index contributed by atoms with van der Waals surface area (Å²) in [6.45, 7) is 8.49. The highest BCUT2D eigenvalue weighted by Crippen LogP contribution is 2.25. The van der Waals surface area contributed by atoms with Gasteiger partial charge in [-0.25, -0.2) is 9.97 Å². The summed E-state index contributed by atoms with van der Waals surface area (Å²) in [5, 5.41) is 10.1. The molecule has 1 aliphatic heterocycles. The Balaban J connectivity index is 0.000000186. The maximum Gasteiger partial charge on any atom is 0.301 e. The first-order valence-corrected chi connectivity index (χ1v) is 12.5. The number of oxazole rings is 1. The van der Waals surface area contributed by atoms with Crippen molar-refractivity contribution in [1.82, 2.24) is 19.8 Å². The van der Waals surface area contributed by atoms with Crippen LogP contribution >= 0.6 is 22.7 Å². The summed E-state index contributed by atoms with van der Waals surface area (Å²) in [7, 11) is 2.09. The van der Waals surface area contributed by atoms with Crippen LogP contribution in [0.5, 0.6) is 0 Å². The first-order chi connectivity index (χ1) is 15.9. The minimum Gasteiger partial charge on any atom is -0.432 e. The van der Waals surface area contributed by atoms with Crippen LogP contribution in [0.25, 0.3) is 0 Å². The molecule has 0 unspecified atom stereocenters. The third-order valence-corrected chi connectivity index (χ3v) is 6.87. The summed E-state index contributed by atoms with van der Waals surface area (Å²) < 4.78 is 4.94. The number of hydrogen-bond acceptors (Lipinski definition) is 9. The minimum absolute atomic E-state index is 0.00643. The fourth-order valence-electron chi connectivity index (χ4n) is 3.01. The average molecular weight is 491 g/mol. The van der Waals surface area contributed by atoms with E-state index in [0.717, 1.165) is 31.7 Å². The summed E-state index contributed by atoms with van der Waals surface area (Å²) in [5.74, 6) is 0.370. The van der Waals surface area contributed by atoms with Crippen molar-refractivity contribution in [2.45, 2.75) is 26.2 Å². The number of hydrogen-bond donors (Lipinski definition) is 2. The molecule has 3 aromatic heterocycles. The average Bonchev–Trinajstić information content (AvgIpc) is 3.54. The standard InChI is InChI=1S/C12H14N2OS2.C10H16N4O2/c1-8(2)10-6-13-12(17-10)14-11(15)5-9-3-4-16-7-9;1-13-3-5-14(6-4-13)8-9(15)12-10-11-2-7-16-10/h3-4,6-8H,5H2,1-2H3,(H,13,14,15);2,7H,3-6,8H2,1H3,(H,11,12,15). The highest BCUT2D eigenvalue weighted by molar-refractivity contribution is 7.15. The number of nitrogens with zero attached hydrogens (tertiary/aromatic N) is 4. The van der Waals surface area contributed by atoms with E-state index in [4.69, 9.17) is 4.42 Å². The number of rotatable bonds is 7. The molecule has 0 bridgehead atoms. The number of thiophene rings is 1. The smallest absolute Gasteiger partial charge is 0.301 e. The van der Waals surface area contributed by atoms with Gasteiger partial charge in [0.1, 0.15) is 6.26 Å². The van der Waals surface area contributed by atoms with Crippen LogP contribution in [0.15, 0.2) is 39.9 Å². The predicted octanol–water partition coefficient (Wildman–Crippen LogP) is 3.37. The van der Waals surface area contributed by atoms with Crippen LogP contribution in [0.2, 0.25) is 0 Å². The zero-order valence-corrected chi connectivity index (χ0v) is 20.7. The number of carbonyl (C=O) groups is 2. The van der Waals surface area contributed by atoms with E-state index in [1.54, 1.807) is 22.7 Å². The van der Waals surface area contributed by atoms with Gasteiger partial charge in [0.05, 0.1) is 19.2 Å². The van der Waals surface area contributed by atoms with E-state index < -0.39 is 0 Å². The van der Waals surface area contributed by atoms with E-state index in [1.165, 1.54) is 17.3 Å². The van der Waals surface area contributed by atoms with E-state index in [2.05, 4.69) is 51.3 Å². The number of carbonyl (C=O) groups excluding carboxylic acids is 2. The molecule has 0 spiro atoms. The van der Waals surface area contributed by atoms with Gasteiger partial charge in [0.2, 0.25) is 11.8 Å². The molecule has 4 rings (SSSR count). The van der Waals surface area contributed by atoms with Crippen LogP contribution in [0.4, 0.5) is 11.1 Å². The van der Waals surface area contributed by atoms with Crippen molar-refractivity contribution in [3.05, 3.63) is 45.9 Å². The van der Waals surface area contributed by atoms with Gasteiger partial charge in [-0.2, -0.15) is 11.3 Å². The van der Waals surface area contributed by atoms with Crippen molar-refractivity contribution in [3.8, 4) is 0 Å². The quantitative estimate of drug-likeness (QED) is 0.523. The van der Waals surface area contributed by atoms with Crippen LogP contribution in [0.1, 0.15) is 30.2 Å². The second-order valence-electron chi connectivity index (χ2n) is 8.04. The zero-order valence-electron chi connectivity index (χ0n) is 19.1. The fraction of sp³-hybridized carbons (Fsp3) is 0.455. The van der Waals surface area contributed by atoms with Crippen molar-refractivity contribution in [2.75, 3.05) is 50.4 Å². The fourth-order valence-corrected chi connectivity index (χ4v) is 4.51. The summed E-state index contributed by atoms with van der Waals surface area (Å²) >= 11 is 3.14. The normalized spacial score (nSPS) is 14.5. The van der Waals surface area contributed by atoms with Crippen molar-refractivity contribution >= 4 is 45.6 Å². The van der Waals surface area contributed by atoms with Crippen molar-refractivity contribution < 1.29 is 14.0 Å². The van der Waals surface area contributed by atoms with E-state index in [1.807, 2.05) is 23.0 Å². The van der Waals surface area contributed by atoms with Gasteiger partial charge in [-0.3, -0.25) is 19.8 Å². The second kappa shape index (κ2) is 12.6. The number of nitrogens with one attached hydrogen (secondary N) is 2. The van der Waals surface area contributed by atoms with Crippen LogP contribution in [0.3, 0.4) is 0 Å². The van der Waals surface area contributed by atoms with E-state index in [9.17, 15) is 9.59 Å². The monoisotopic (exact) mass is 490 g/mol. The third-order valence-electron chi connectivity index (χ3n) is 4.93. The van der Waals surface area contributed by atoms with Gasteiger partial charge >= 0.3 is 6.01 Å². The number of amides is 2. The Morgan fingerprint density at radius 1 is 1.15 bits per heavy atom. The lowest BCUT2D eigenvalue weighted by atomic mass is 10.2. The Kier molecular flexibility index (Phi) is 9.55. The Morgan fingerprint density at radius 2 is 1.94 bits per heavy atom. The SMILES string of the molecule is CC(C)c1cnc(NC(=O)Cc2ccsc2)s1.CN1CCN(CC(=O)Nc2ncco2)CC1. The molecule has 1 fully saturated rings. The maximum atomic E-state index is 11.7. The third kappa shape index (κ3) is 8.69. The van der Waals surface area contributed by atoms with Gasteiger partial charge < -0.3 is 14.6 Å². The molecule has 0 saturated carbocycles. The van der Waals surface area contributed by atoms with E-state index in [0.29, 0.717) is 24.0 Å². The number of anilines is 2. The van der Waals surface area contributed by atoms with Crippen molar-refractivity contribution in [1.29, 1.82) is 0 Å². The number of aromatic nitrogens is 2. The summed E-state index contributed by atoms with van der Waals surface area (Å²) in [6, 6.07) is 2.23. The maximum absolute atomic E-state index is 11.7. The number of thiazole rings is 1. The molecule has 0 aromatic carbocycles. The predicted molar refractivity (Wildman–Crippen MR) is 132 cm³/mol. The van der Waals surface area contributed by atoms with Gasteiger partial charge in [-0.1, -0.05) is 13.8 Å². The molecule has 0 atom stereocenters. The molecular formula is C22H30N6O3S2. The first-order valence-electron chi connectivity index (χ1n) is 10.8.